The van der Waals surface area contributed by atoms with Crippen LogP contribution >= 0.6 is 23.4 Å². The van der Waals surface area contributed by atoms with Gasteiger partial charge in [-0.05, 0) is 60.6 Å². The van der Waals surface area contributed by atoms with Crippen molar-refractivity contribution in [2.75, 3.05) is 0 Å². The van der Waals surface area contributed by atoms with E-state index in [2.05, 4.69) is 9.97 Å². The van der Waals surface area contributed by atoms with E-state index >= 15 is 0 Å². The second-order valence-electron chi connectivity index (χ2n) is 4.46. The number of nitrogens with one attached hydrogen (secondary N) is 1. The summed E-state index contributed by atoms with van der Waals surface area (Å²) in [6.45, 7) is 2.02. The molecule has 0 atom stereocenters. The number of fused-ring (bicyclic) bond motifs is 1. The van der Waals surface area contributed by atoms with Gasteiger partial charge in [0.05, 0.1) is 11.0 Å². The zero-order valence-corrected chi connectivity index (χ0v) is 12.3. The number of carbonyl (C=O) groups is 1. The predicted molar refractivity (Wildman–Crippen MR) is 82.5 cm³/mol. The summed E-state index contributed by atoms with van der Waals surface area (Å²) in [5.74, 6) is 0. The molecule has 2 aromatic carbocycles. The van der Waals surface area contributed by atoms with Gasteiger partial charge in [-0.15, -0.1) is 0 Å². The first kappa shape index (κ1) is 13.2. The van der Waals surface area contributed by atoms with E-state index < -0.39 is 0 Å². The molecule has 0 saturated heterocycles. The number of aromatic nitrogens is 2. The van der Waals surface area contributed by atoms with E-state index in [1.807, 2.05) is 25.1 Å². The molecule has 1 aromatic heterocycles. The topological polar surface area (TPSA) is 45.8 Å². The van der Waals surface area contributed by atoms with E-state index in [4.69, 9.17) is 11.6 Å². The van der Waals surface area contributed by atoms with E-state index in [-0.39, 0.29) is 5.12 Å². The molecule has 5 heteroatoms. The molecule has 0 aliphatic heterocycles. The fraction of sp³-hybridized carbons (Fsp3) is 0.0667. The van der Waals surface area contributed by atoms with Crippen molar-refractivity contribution in [3.05, 3.63) is 58.6 Å². The smallest absolute Gasteiger partial charge is 0.227 e. The molecule has 1 heterocycles. The van der Waals surface area contributed by atoms with Gasteiger partial charge in [-0.25, -0.2) is 4.98 Å². The summed E-state index contributed by atoms with van der Waals surface area (Å²) in [6.07, 6.45) is 0. The normalized spacial score (nSPS) is 10.9. The fourth-order valence-corrected chi connectivity index (χ4v) is 2.74. The van der Waals surface area contributed by atoms with Crippen molar-refractivity contribution in [2.24, 2.45) is 0 Å². The fourth-order valence-electron chi connectivity index (χ4n) is 1.88. The van der Waals surface area contributed by atoms with E-state index in [9.17, 15) is 4.79 Å². The van der Waals surface area contributed by atoms with Crippen LogP contribution in [0.1, 0.15) is 15.9 Å². The molecule has 0 aliphatic rings. The third kappa shape index (κ3) is 2.71. The van der Waals surface area contributed by atoms with Gasteiger partial charge in [0, 0.05) is 10.6 Å². The molecule has 0 saturated carbocycles. The first-order valence-electron chi connectivity index (χ1n) is 6.06. The molecule has 0 bridgehead atoms. The van der Waals surface area contributed by atoms with Gasteiger partial charge >= 0.3 is 0 Å². The Bertz CT molecular complexity index is 780. The van der Waals surface area contributed by atoms with Crippen LogP contribution in [0.5, 0.6) is 0 Å². The maximum absolute atomic E-state index is 12.1. The monoisotopic (exact) mass is 302 g/mol. The molecule has 20 heavy (non-hydrogen) atoms. The Kier molecular flexibility index (Phi) is 3.51. The van der Waals surface area contributed by atoms with E-state index in [1.54, 1.807) is 24.3 Å². The van der Waals surface area contributed by atoms with Gasteiger partial charge in [-0.3, -0.25) is 4.79 Å². The van der Waals surface area contributed by atoms with Gasteiger partial charge in [0.15, 0.2) is 5.16 Å². The zero-order chi connectivity index (χ0) is 14.1. The van der Waals surface area contributed by atoms with Gasteiger partial charge in [-0.2, -0.15) is 0 Å². The summed E-state index contributed by atoms with van der Waals surface area (Å²) >= 11 is 6.89. The van der Waals surface area contributed by atoms with E-state index in [0.717, 1.165) is 28.4 Å². The van der Waals surface area contributed by atoms with Crippen LogP contribution in [0.15, 0.2) is 47.6 Å². The minimum atomic E-state index is -0.0579. The van der Waals surface area contributed by atoms with Crippen LogP contribution in [0, 0.1) is 6.92 Å². The highest BCUT2D eigenvalue weighted by molar-refractivity contribution is 8.14. The first-order valence-corrected chi connectivity index (χ1v) is 7.25. The van der Waals surface area contributed by atoms with Gasteiger partial charge in [0.25, 0.3) is 0 Å². The van der Waals surface area contributed by atoms with Gasteiger partial charge in [-0.1, -0.05) is 17.7 Å². The summed E-state index contributed by atoms with van der Waals surface area (Å²) in [5.41, 5.74) is 3.57. The maximum atomic E-state index is 12.1. The third-order valence-corrected chi connectivity index (χ3v) is 3.94. The molecule has 3 aromatic rings. The van der Waals surface area contributed by atoms with Crippen LogP contribution in [-0.2, 0) is 0 Å². The summed E-state index contributed by atoms with van der Waals surface area (Å²) in [4.78, 5) is 19.7. The maximum Gasteiger partial charge on any atom is 0.227 e. The molecule has 0 amide bonds. The molecular weight excluding hydrogens is 292 g/mol. The second-order valence-corrected chi connectivity index (χ2v) is 5.86. The van der Waals surface area contributed by atoms with Crippen molar-refractivity contribution in [3.63, 3.8) is 0 Å². The molecule has 0 radical (unpaired) electrons. The summed E-state index contributed by atoms with van der Waals surface area (Å²) in [5, 5.41) is 1.16. The molecule has 100 valence electrons. The van der Waals surface area contributed by atoms with Crippen molar-refractivity contribution in [3.8, 4) is 0 Å². The van der Waals surface area contributed by atoms with Crippen LogP contribution in [0.3, 0.4) is 0 Å². The lowest BCUT2D eigenvalue weighted by atomic mass is 10.2. The van der Waals surface area contributed by atoms with Crippen molar-refractivity contribution in [2.45, 2.75) is 12.1 Å². The molecular formula is C15H11ClN2OS. The van der Waals surface area contributed by atoms with Crippen LogP contribution < -0.4 is 0 Å². The van der Waals surface area contributed by atoms with Gasteiger partial charge in [0.1, 0.15) is 0 Å². The lowest BCUT2D eigenvalue weighted by molar-refractivity contribution is 0.108. The van der Waals surface area contributed by atoms with E-state index in [1.165, 1.54) is 0 Å². The molecule has 0 spiro atoms. The average Bonchev–Trinajstić information content (AvgIpc) is 2.80. The van der Waals surface area contributed by atoms with Crippen molar-refractivity contribution < 1.29 is 4.79 Å². The molecule has 1 N–H and O–H groups in total. The Labute approximate surface area is 125 Å². The van der Waals surface area contributed by atoms with Crippen molar-refractivity contribution in [1.29, 1.82) is 0 Å². The summed E-state index contributed by atoms with van der Waals surface area (Å²) in [6, 6.07) is 12.8. The van der Waals surface area contributed by atoms with E-state index in [0.29, 0.717) is 15.7 Å². The second kappa shape index (κ2) is 5.31. The van der Waals surface area contributed by atoms with Crippen molar-refractivity contribution >= 4 is 39.5 Å². The molecule has 3 rings (SSSR count). The quantitative estimate of drug-likeness (QED) is 0.711. The average molecular weight is 303 g/mol. The molecule has 0 unspecified atom stereocenters. The zero-order valence-electron chi connectivity index (χ0n) is 10.7. The number of carbonyl (C=O) groups excluding carboxylic acids is 1. The third-order valence-electron chi connectivity index (χ3n) is 2.88. The van der Waals surface area contributed by atoms with Crippen LogP contribution in [0.2, 0.25) is 5.02 Å². The highest BCUT2D eigenvalue weighted by atomic mass is 35.5. The van der Waals surface area contributed by atoms with Gasteiger partial charge < -0.3 is 4.98 Å². The Hall–Kier alpha value is -1.78. The van der Waals surface area contributed by atoms with Crippen LogP contribution in [-0.4, -0.2) is 15.1 Å². The Morgan fingerprint density at radius 3 is 2.70 bits per heavy atom. The number of imidazole rings is 1. The SMILES string of the molecule is Cc1ccc2nc(SC(=O)c3ccc(Cl)cc3)[nH]c2c1. The summed E-state index contributed by atoms with van der Waals surface area (Å²) in [7, 11) is 0. The predicted octanol–water partition coefficient (Wildman–Crippen LogP) is 4.46. The number of H-pyrrole nitrogens is 1. The van der Waals surface area contributed by atoms with Crippen LogP contribution in [0.25, 0.3) is 11.0 Å². The Morgan fingerprint density at radius 1 is 1.20 bits per heavy atom. The summed E-state index contributed by atoms with van der Waals surface area (Å²) < 4.78 is 0. The Balaban J connectivity index is 1.85. The lowest BCUT2D eigenvalue weighted by Gasteiger charge is -1.98. The number of aryl methyl sites for hydroxylation is 1. The number of thioether (sulfide) groups is 1. The van der Waals surface area contributed by atoms with Crippen molar-refractivity contribution in [1.82, 2.24) is 9.97 Å². The minimum Gasteiger partial charge on any atom is -0.333 e. The largest absolute Gasteiger partial charge is 0.333 e. The minimum absolute atomic E-state index is 0.0579. The number of benzene rings is 2. The molecule has 3 nitrogen and oxygen atoms in total. The highest BCUT2D eigenvalue weighted by Crippen LogP contribution is 2.24. The number of hydrogen-bond acceptors (Lipinski definition) is 3. The lowest BCUT2D eigenvalue weighted by Crippen LogP contribution is -1.93. The van der Waals surface area contributed by atoms with Crippen LogP contribution in [0.4, 0.5) is 0 Å². The highest BCUT2D eigenvalue weighted by Gasteiger charge is 2.11. The number of rotatable bonds is 2. The number of aromatic amines is 1. The molecule has 0 fully saturated rings. The Morgan fingerprint density at radius 2 is 1.95 bits per heavy atom. The number of nitrogens with zero attached hydrogens (tertiary/aromatic N) is 1. The number of halogens is 1. The standard InChI is InChI=1S/C15H11ClN2OS/c1-9-2-7-12-13(8-9)18-15(17-12)20-14(19)10-3-5-11(16)6-4-10/h2-8H,1H3,(H,17,18). The van der Waals surface area contributed by atoms with Gasteiger partial charge in [0.2, 0.25) is 5.12 Å². The first-order chi connectivity index (χ1) is 9.61. The number of hydrogen-bond donors (Lipinski definition) is 1. The molecule has 0 aliphatic carbocycles.